The first-order chi connectivity index (χ1) is 26.3. The zero-order valence-corrected chi connectivity index (χ0v) is 30.6. The third kappa shape index (κ3) is 6.34. The van der Waals surface area contributed by atoms with Crippen molar-refractivity contribution in [1.29, 1.82) is 0 Å². The van der Waals surface area contributed by atoms with Crippen molar-refractivity contribution in [2.75, 3.05) is 18.0 Å². The monoisotopic (exact) mass is 760 g/mol. The van der Waals surface area contributed by atoms with Gasteiger partial charge in [0, 0.05) is 39.9 Å². The molecule has 0 radical (unpaired) electrons. The van der Waals surface area contributed by atoms with Crippen LogP contribution in [0.25, 0.3) is 0 Å². The summed E-state index contributed by atoms with van der Waals surface area (Å²) in [7, 11) is 0. The average Bonchev–Trinajstić information content (AvgIpc) is 3.95. The van der Waals surface area contributed by atoms with Crippen molar-refractivity contribution < 1.29 is 29.1 Å². The number of nitrogens with two attached hydrogens (primary N) is 1. The molecule has 0 unspecified atom stereocenters. The second-order valence-corrected chi connectivity index (χ2v) is 15.4. The lowest BCUT2D eigenvalue weighted by atomic mass is 9.80. The highest BCUT2D eigenvalue weighted by Crippen LogP contribution is 2.49. The van der Waals surface area contributed by atoms with Gasteiger partial charge in [0.1, 0.15) is 22.8 Å². The lowest BCUT2D eigenvalue weighted by Crippen LogP contribution is -2.71. The molecule has 1 saturated carbocycles. The number of carboxylic acids is 1. The Kier molecular flexibility index (Phi) is 9.54. The second kappa shape index (κ2) is 14.6. The Morgan fingerprint density at radius 2 is 1.57 bits per heavy atom. The molecule has 54 heavy (non-hydrogen) atoms. The lowest BCUT2D eigenvalue weighted by Gasteiger charge is -2.49. The minimum absolute atomic E-state index is 0.0799. The summed E-state index contributed by atoms with van der Waals surface area (Å²) in [4.78, 5) is 66.1. The van der Waals surface area contributed by atoms with E-state index in [2.05, 4.69) is 20.8 Å². The van der Waals surface area contributed by atoms with Crippen LogP contribution in [0.1, 0.15) is 48.1 Å². The fourth-order valence-electron chi connectivity index (χ4n) is 7.42. The van der Waals surface area contributed by atoms with Gasteiger partial charge >= 0.3 is 5.97 Å². The molecule has 4 heterocycles. The normalized spacial score (nSPS) is 21.1. The van der Waals surface area contributed by atoms with Gasteiger partial charge in [-0.25, -0.2) is 9.78 Å². The molecule has 274 valence electrons. The van der Waals surface area contributed by atoms with E-state index in [1.54, 1.807) is 5.38 Å². The largest absolute Gasteiger partial charge is 0.477 e. The third-order valence-electron chi connectivity index (χ3n) is 10.1. The molecule has 2 saturated heterocycles. The van der Waals surface area contributed by atoms with E-state index < -0.39 is 34.8 Å². The van der Waals surface area contributed by atoms with E-state index >= 15 is 0 Å². The van der Waals surface area contributed by atoms with E-state index in [0.29, 0.717) is 24.1 Å². The molecule has 3 amide bonds. The van der Waals surface area contributed by atoms with Crippen LogP contribution < -0.4 is 16.4 Å². The number of anilines is 1. The van der Waals surface area contributed by atoms with Gasteiger partial charge in [-0.05, 0) is 42.7 Å². The molecule has 2 atom stereocenters. The Bertz CT molecular complexity index is 2120. The number of nitrogen functional groups attached to an aromatic ring is 1. The third-order valence-corrected chi connectivity index (χ3v) is 12.0. The van der Waals surface area contributed by atoms with E-state index in [1.165, 1.54) is 16.7 Å². The van der Waals surface area contributed by atoms with Crippen LogP contribution in [0.15, 0.2) is 124 Å². The highest BCUT2D eigenvalue weighted by molar-refractivity contribution is 8.00. The quantitative estimate of drug-likeness (QED) is 0.0551. The predicted octanol–water partition coefficient (Wildman–Crippen LogP) is 4.79. The van der Waals surface area contributed by atoms with Crippen molar-refractivity contribution in [2.24, 2.45) is 11.1 Å². The molecule has 0 spiro atoms. The van der Waals surface area contributed by atoms with Crippen molar-refractivity contribution >= 4 is 57.6 Å². The van der Waals surface area contributed by atoms with Gasteiger partial charge in [-0.3, -0.25) is 19.3 Å². The number of carboxylic acid groups (broad SMARTS) is 1. The van der Waals surface area contributed by atoms with Gasteiger partial charge < -0.3 is 26.3 Å². The fraction of sp³-hybridized carbons (Fsp3) is 0.250. The van der Waals surface area contributed by atoms with Crippen LogP contribution in [0.5, 0.6) is 0 Å². The van der Waals surface area contributed by atoms with Crippen molar-refractivity contribution in [3.63, 3.8) is 0 Å². The molecule has 8 rings (SSSR count). The number of thiazole rings is 1. The zero-order valence-electron chi connectivity index (χ0n) is 28.9. The first-order valence-corrected chi connectivity index (χ1v) is 19.6. The van der Waals surface area contributed by atoms with E-state index in [0.717, 1.165) is 52.9 Å². The number of β-lactam (4-membered cyclic amide) rings is 1. The molecule has 5 N–H and O–H groups in total. The van der Waals surface area contributed by atoms with Crippen LogP contribution in [0.2, 0.25) is 0 Å². The van der Waals surface area contributed by atoms with Crippen LogP contribution in [0.3, 0.4) is 0 Å². The summed E-state index contributed by atoms with van der Waals surface area (Å²) >= 11 is 2.48. The molecule has 0 bridgehead atoms. The summed E-state index contributed by atoms with van der Waals surface area (Å²) in [6, 6.07) is 27.5. The molecular formula is C40H36N6O6S2. The average molecular weight is 761 g/mol. The molecule has 4 aliphatic rings. The maximum absolute atomic E-state index is 14.3. The van der Waals surface area contributed by atoms with Crippen LogP contribution in [0, 0.1) is 5.92 Å². The van der Waals surface area contributed by atoms with Crippen LogP contribution >= 0.6 is 23.1 Å². The number of allylic oxidation sites excluding steroid dienone is 1. The predicted molar refractivity (Wildman–Crippen MR) is 205 cm³/mol. The Balaban J connectivity index is 1.14. The minimum Gasteiger partial charge on any atom is -0.477 e. The standard InChI is InChI=1S/C40H36N6O6S2/c41-39-43-29(22-54-39)31(45-52-40(24-11-4-1-5-12-24,25-13-6-2-7-14-25)26-15-8-3-9-16-26)35(48)44-32-36(49)46-33(38(50)51)28(21-53-37(32)46)30(23-18-19-23)27-17-10-20-42-34(27)47/h1-9,11-16,22-23,32,37H,10,17-21H2,(H2,41,43)(H,42,47)(H,44,48)(H,50,51)/t32-,37-/m1/s1. The van der Waals surface area contributed by atoms with Crippen molar-refractivity contribution in [2.45, 2.75) is 42.7 Å². The summed E-state index contributed by atoms with van der Waals surface area (Å²) in [6.07, 6.45) is 3.03. The number of oxime groups is 1. The van der Waals surface area contributed by atoms with Gasteiger partial charge in [0.05, 0.1) is 0 Å². The van der Waals surface area contributed by atoms with Gasteiger partial charge in [-0.1, -0.05) is 96.2 Å². The van der Waals surface area contributed by atoms with Crippen LogP contribution in [-0.2, 0) is 29.6 Å². The minimum atomic E-state index is -1.31. The number of fused-ring (bicyclic) bond motifs is 1. The van der Waals surface area contributed by atoms with E-state index in [1.807, 2.05) is 91.0 Å². The van der Waals surface area contributed by atoms with Crippen LogP contribution in [0.4, 0.5) is 5.13 Å². The molecule has 1 aliphatic carbocycles. The highest BCUT2D eigenvalue weighted by Gasteiger charge is 2.55. The number of aromatic nitrogens is 1. The number of nitrogens with one attached hydrogen (secondary N) is 2. The first kappa shape index (κ1) is 35.3. The molecule has 4 aromatic rings. The molecular weight excluding hydrogens is 725 g/mol. The molecule has 3 aliphatic heterocycles. The van der Waals surface area contributed by atoms with E-state index in [4.69, 9.17) is 10.6 Å². The van der Waals surface area contributed by atoms with Gasteiger partial charge in [-0.15, -0.1) is 23.1 Å². The number of rotatable bonds is 11. The Labute approximate surface area is 319 Å². The number of aliphatic carboxylic acids is 1. The SMILES string of the molecule is Nc1nc(C(=NOC(c2ccccc2)(c2ccccc2)c2ccccc2)C(=O)N[C@@H]2C(=O)N3C(C(=O)O)=C(C(=C4CCCNC4=O)C4CC4)CS[C@H]23)cs1. The number of piperidine rings is 1. The summed E-state index contributed by atoms with van der Waals surface area (Å²) in [5.74, 6) is -2.40. The molecule has 12 nitrogen and oxygen atoms in total. The van der Waals surface area contributed by atoms with Crippen LogP contribution in [-0.4, -0.2) is 68.1 Å². The molecule has 3 aromatic carbocycles. The Morgan fingerprint density at radius 1 is 0.963 bits per heavy atom. The maximum Gasteiger partial charge on any atom is 0.352 e. The van der Waals surface area contributed by atoms with Crippen molar-refractivity contribution in [1.82, 2.24) is 20.5 Å². The number of carbonyl (C=O) groups is 4. The lowest BCUT2D eigenvalue weighted by molar-refractivity contribution is -0.150. The second-order valence-electron chi connectivity index (χ2n) is 13.4. The number of thioether (sulfide) groups is 1. The summed E-state index contributed by atoms with van der Waals surface area (Å²) in [5, 5.41) is 21.8. The number of nitrogens with zero attached hydrogens (tertiary/aromatic N) is 3. The number of hydrogen-bond acceptors (Lipinski definition) is 10. The molecule has 14 heteroatoms. The van der Waals surface area contributed by atoms with Crippen molar-refractivity contribution in [3.05, 3.63) is 141 Å². The van der Waals surface area contributed by atoms with Gasteiger partial charge in [0.25, 0.3) is 11.8 Å². The number of carbonyl (C=O) groups excluding carboxylic acids is 3. The Hall–Kier alpha value is -5.73. The number of benzene rings is 3. The molecule has 3 fully saturated rings. The van der Waals surface area contributed by atoms with Gasteiger partial charge in [0.15, 0.2) is 10.8 Å². The Morgan fingerprint density at radius 3 is 2.09 bits per heavy atom. The van der Waals surface area contributed by atoms with E-state index in [9.17, 15) is 24.3 Å². The highest BCUT2D eigenvalue weighted by atomic mass is 32.2. The van der Waals surface area contributed by atoms with Gasteiger partial charge in [-0.2, -0.15) is 0 Å². The number of amides is 3. The maximum atomic E-state index is 14.3. The molecule has 1 aromatic heterocycles. The number of hydrogen-bond donors (Lipinski definition) is 4. The first-order valence-electron chi connectivity index (χ1n) is 17.7. The summed E-state index contributed by atoms with van der Waals surface area (Å²) in [6.45, 7) is 0.573. The fourth-order valence-corrected chi connectivity index (χ4v) is 9.33. The smallest absolute Gasteiger partial charge is 0.352 e. The van der Waals surface area contributed by atoms with Crippen molar-refractivity contribution in [3.8, 4) is 0 Å². The zero-order chi connectivity index (χ0) is 37.4. The summed E-state index contributed by atoms with van der Waals surface area (Å²) < 4.78 is 0. The van der Waals surface area contributed by atoms with E-state index in [-0.39, 0.29) is 39.8 Å². The summed E-state index contributed by atoms with van der Waals surface area (Å²) in [5.41, 5.74) is 8.64. The topological polar surface area (TPSA) is 176 Å². The van der Waals surface area contributed by atoms with Gasteiger partial charge in [0.2, 0.25) is 11.5 Å².